The summed E-state index contributed by atoms with van der Waals surface area (Å²) in [5, 5.41) is 25.4. The third-order valence-electron chi connectivity index (χ3n) is 14.4. The summed E-state index contributed by atoms with van der Waals surface area (Å²) in [6.45, 7) is 38.6. The topological polar surface area (TPSA) is 68.2 Å². The van der Waals surface area contributed by atoms with Crippen LogP contribution < -0.4 is 13.6 Å². The lowest BCUT2D eigenvalue weighted by atomic mass is 9.79. The summed E-state index contributed by atoms with van der Waals surface area (Å²) in [6, 6.07) is 33.1. The van der Waals surface area contributed by atoms with Crippen LogP contribution in [0.25, 0.3) is 0 Å². The van der Waals surface area contributed by atoms with Gasteiger partial charge in [0.2, 0.25) is 0 Å². The summed E-state index contributed by atoms with van der Waals surface area (Å²) < 4.78 is 21.9. The smallest absolute Gasteiger partial charge is 0.454 e. The molecule has 0 fully saturated rings. The molecule has 0 unspecified atom stereocenters. The molecule has 1 aliphatic carbocycles. The molecule has 6 aromatic rings. The highest BCUT2D eigenvalue weighted by Crippen LogP contribution is 2.46. The van der Waals surface area contributed by atoms with Gasteiger partial charge in [-0.2, -0.15) is 0 Å². The zero-order chi connectivity index (χ0) is 51.1. The van der Waals surface area contributed by atoms with Crippen LogP contribution in [0.1, 0.15) is 193 Å². The molecule has 2 N–H and O–H groups in total. The maximum atomic E-state index is 12.7. The first-order chi connectivity index (χ1) is 32.3. The second-order valence-electron chi connectivity index (χ2n) is 26.2. The van der Waals surface area contributed by atoms with Gasteiger partial charge in [-0.3, -0.25) is 0 Å². The molecular weight excluding hydrogens is 877 g/mol. The zero-order valence-electron chi connectivity index (χ0n) is 45.5. The fraction of sp³-hybridized carbons (Fsp3) is 0.438. The van der Waals surface area contributed by atoms with Crippen molar-refractivity contribution in [2.24, 2.45) is 0 Å². The highest BCUT2D eigenvalue weighted by atomic mass is 28.4. The van der Waals surface area contributed by atoms with E-state index in [0.717, 1.165) is 89.6 Å². The monoisotopic (exact) mass is 957 g/mol. The maximum Gasteiger partial charge on any atom is 0.454 e. The molecule has 2 aliphatic heterocycles. The van der Waals surface area contributed by atoms with Crippen molar-refractivity contribution in [2.75, 3.05) is 0 Å². The molecule has 0 spiro atoms. The van der Waals surface area contributed by atoms with Crippen LogP contribution >= 0.6 is 0 Å². The Bertz CT molecular complexity index is 2960. The molecule has 12 bridgehead atoms. The molecule has 0 saturated heterocycles. The number of phenolic OH excluding ortho intramolecular Hbond substituents is 2. The molecule has 6 heteroatoms. The van der Waals surface area contributed by atoms with Crippen LogP contribution in [-0.4, -0.2) is 18.8 Å². The van der Waals surface area contributed by atoms with Crippen molar-refractivity contribution >= 4 is 8.56 Å². The number of fused-ring (bicyclic) bond motifs is 2. The average molecular weight is 957 g/mol. The van der Waals surface area contributed by atoms with Crippen LogP contribution in [0.2, 0.25) is 13.1 Å². The lowest BCUT2D eigenvalue weighted by molar-refractivity contribution is 0.300. The Morgan fingerprint density at radius 2 is 0.657 bits per heavy atom. The van der Waals surface area contributed by atoms with E-state index in [9.17, 15) is 10.2 Å². The van der Waals surface area contributed by atoms with Crippen LogP contribution in [0.15, 0.2) is 91.0 Å². The van der Waals surface area contributed by atoms with Gasteiger partial charge in [-0.05, 0) is 116 Å². The van der Waals surface area contributed by atoms with Gasteiger partial charge in [0.1, 0.15) is 35.4 Å². The Morgan fingerprint density at radius 3 is 0.986 bits per heavy atom. The number of hydrogen-bond donors (Lipinski definition) is 2. The lowest BCUT2D eigenvalue weighted by Gasteiger charge is -2.35. The number of hydrogen-bond acceptors (Lipinski definition) is 5. The minimum Gasteiger partial charge on any atom is -0.512 e. The zero-order valence-corrected chi connectivity index (χ0v) is 46.5. The van der Waals surface area contributed by atoms with E-state index in [1.165, 1.54) is 16.7 Å². The molecule has 9 rings (SSSR count). The highest BCUT2D eigenvalue weighted by Gasteiger charge is 2.37. The van der Waals surface area contributed by atoms with Crippen molar-refractivity contribution < 1.29 is 23.8 Å². The van der Waals surface area contributed by atoms with Crippen LogP contribution in [0.5, 0.6) is 28.7 Å². The molecule has 3 aliphatic rings. The van der Waals surface area contributed by atoms with Crippen molar-refractivity contribution in [3.8, 4) is 28.7 Å². The Balaban J connectivity index is 1.52. The fourth-order valence-electron chi connectivity index (χ4n) is 9.99. The maximum absolute atomic E-state index is 12.7. The van der Waals surface area contributed by atoms with E-state index in [2.05, 4.69) is 202 Å². The van der Waals surface area contributed by atoms with Gasteiger partial charge in [-0.25, -0.2) is 0 Å². The standard InChI is InChI=1S/C64H80O5Si/c1-60(2,3)50-28-40-23-41-29-51(61(4,5)6)31-43(56(41)66)25-46-34-53(63(10,11)12)36-48-27-49-37-54(64(13,14)15)35-47(59(49)69-70(16,17)68-58(46)48)26-45-33-52(62(7,8)9)32-44(24-42(30-50)55(40)65)57(45)67-38-39-21-19-18-20-22-39/h18-22,28-37,65-66H,23-27,38H2,1-17H3. The second kappa shape index (κ2) is 18.0. The predicted octanol–water partition coefficient (Wildman–Crippen LogP) is 15.9. The molecule has 70 heavy (non-hydrogen) atoms. The van der Waals surface area contributed by atoms with Crippen molar-refractivity contribution in [3.05, 3.63) is 180 Å². The van der Waals surface area contributed by atoms with E-state index in [1.807, 2.05) is 6.07 Å². The minimum absolute atomic E-state index is 0.156. The van der Waals surface area contributed by atoms with E-state index in [4.69, 9.17) is 13.6 Å². The molecular formula is C64H80O5Si. The summed E-state index contributed by atoms with van der Waals surface area (Å²) >= 11 is 0. The van der Waals surface area contributed by atoms with Gasteiger partial charge < -0.3 is 23.8 Å². The van der Waals surface area contributed by atoms with Crippen molar-refractivity contribution in [2.45, 2.75) is 183 Å². The Hall–Kier alpha value is -5.46. The minimum atomic E-state index is -2.99. The number of aromatic hydroxyl groups is 2. The molecule has 6 aromatic carbocycles. The van der Waals surface area contributed by atoms with Crippen LogP contribution in [0.4, 0.5) is 0 Å². The quantitative estimate of drug-likeness (QED) is 0.173. The van der Waals surface area contributed by atoms with Crippen molar-refractivity contribution in [1.29, 1.82) is 0 Å². The van der Waals surface area contributed by atoms with Crippen LogP contribution in [0, 0.1) is 0 Å². The third-order valence-corrected chi connectivity index (χ3v) is 15.8. The third kappa shape index (κ3) is 10.9. The van der Waals surface area contributed by atoms with Gasteiger partial charge in [0.05, 0.1) is 0 Å². The Labute approximate surface area is 421 Å². The summed E-state index contributed by atoms with van der Waals surface area (Å²) in [5.74, 6) is 3.08. The van der Waals surface area contributed by atoms with Crippen LogP contribution in [0.3, 0.4) is 0 Å². The average Bonchev–Trinajstić information content (AvgIpc) is 3.22. The first-order valence-electron chi connectivity index (χ1n) is 25.6. The van der Waals surface area contributed by atoms with Crippen molar-refractivity contribution in [3.63, 3.8) is 0 Å². The normalized spacial score (nSPS) is 15.2. The molecule has 0 aromatic heterocycles. The highest BCUT2D eigenvalue weighted by molar-refractivity contribution is 6.66. The Morgan fingerprint density at radius 1 is 0.400 bits per heavy atom. The summed E-state index contributed by atoms with van der Waals surface area (Å²) in [4.78, 5) is 0. The fourth-order valence-corrected chi connectivity index (χ4v) is 11.5. The van der Waals surface area contributed by atoms with E-state index < -0.39 is 8.56 Å². The SMILES string of the molecule is CC(C)(C)c1cc2c(O)c(c1)Cc1cc(C(C)(C)C)cc(c1OCc1ccccc1)Cc1cc(C(C)(C)C)cc3c1O[Si](C)(C)Oc1c(cc(C(C)(C)C)cc1C3)Cc1cc(C(C)(C)C)cc(c1O)C2. The summed E-state index contributed by atoms with van der Waals surface area (Å²) in [5.41, 5.74) is 15.8. The molecule has 0 atom stereocenters. The van der Waals surface area contributed by atoms with E-state index >= 15 is 0 Å². The number of phenols is 2. The summed E-state index contributed by atoms with van der Waals surface area (Å²) in [6.07, 6.45) is 2.46. The molecule has 370 valence electrons. The second-order valence-corrected chi connectivity index (χ2v) is 29.4. The summed E-state index contributed by atoms with van der Waals surface area (Å²) in [7, 11) is -2.99. The van der Waals surface area contributed by atoms with Crippen molar-refractivity contribution in [1.82, 2.24) is 0 Å². The van der Waals surface area contributed by atoms with E-state index in [0.29, 0.717) is 38.7 Å². The van der Waals surface area contributed by atoms with Crippen LogP contribution in [-0.2, 0) is 65.8 Å². The molecule has 0 amide bonds. The molecule has 2 heterocycles. The Kier molecular flexibility index (Phi) is 13.1. The first-order valence-corrected chi connectivity index (χ1v) is 28.4. The lowest BCUT2D eigenvalue weighted by Crippen LogP contribution is -2.43. The van der Waals surface area contributed by atoms with E-state index in [1.54, 1.807) is 0 Å². The van der Waals surface area contributed by atoms with Gasteiger partial charge in [0.15, 0.2) is 0 Å². The van der Waals surface area contributed by atoms with E-state index in [-0.39, 0.29) is 38.6 Å². The number of ether oxygens (including phenoxy) is 1. The number of benzene rings is 6. The number of rotatable bonds is 3. The van der Waals surface area contributed by atoms with Gasteiger partial charge in [-0.15, -0.1) is 0 Å². The molecule has 0 saturated carbocycles. The van der Waals surface area contributed by atoms with Gasteiger partial charge in [0.25, 0.3) is 0 Å². The predicted molar refractivity (Wildman–Crippen MR) is 293 cm³/mol. The molecule has 5 nitrogen and oxygen atoms in total. The molecule has 0 radical (unpaired) electrons. The first kappa shape index (κ1) is 50.9. The van der Waals surface area contributed by atoms with Gasteiger partial charge in [0, 0.05) is 45.2 Å². The van der Waals surface area contributed by atoms with Gasteiger partial charge >= 0.3 is 8.56 Å². The van der Waals surface area contributed by atoms with Gasteiger partial charge in [-0.1, -0.05) is 195 Å². The largest absolute Gasteiger partial charge is 0.512 e.